The molecule has 18 heteroatoms. The molecule has 3 aromatic heterocycles. The van der Waals surface area contributed by atoms with Crippen molar-refractivity contribution in [2.75, 3.05) is 32.0 Å². The average Bonchev–Trinajstić information content (AvgIpc) is 3.85. The second-order valence-electron chi connectivity index (χ2n) is 12.5. The number of carboxylic acids is 2. The SMILES string of the molecule is CN1CCC[C@@H]1c1cc2cnc(NC(=O)c3ccc(-c4cnn(CCCC5CCNCC5)c4)cc3)cc2[nH]1.O=C(O)C(F)(F)F.O=C(O)C(F)(F)F. The van der Waals surface area contributed by atoms with Crippen molar-refractivity contribution in [1.82, 2.24) is 30.0 Å². The van der Waals surface area contributed by atoms with Gasteiger partial charge in [0, 0.05) is 53.3 Å². The zero-order valence-electron chi connectivity index (χ0n) is 28.1. The van der Waals surface area contributed by atoms with E-state index in [1.807, 2.05) is 47.4 Å². The lowest BCUT2D eigenvalue weighted by molar-refractivity contribution is -0.193. The number of rotatable bonds is 8. The maximum absolute atomic E-state index is 12.9. The summed E-state index contributed by atoms with van der Waals surface area (Å²) in [5.41, 5.74) is 4.94. The van der Waals surface area contributed by atoms with Crippen LogP contribution < -0.4 is 10.6 Å². The molecule has 1 atom stereocenters. The predicted octanol–water partition coefficient (Wildman–Crippen LogP) is 6.49. The van der Waals surface area contributed by atoms with Crippen molar-refractivity contribution < 1.29 is 50.9 Å². The maximum Gasteiger partial charge on any atom is 0.490 e. The van der Waals surface area contributed by atoms with Crippen LogP contribution in [-0.2, 0) is 16.1 Å². The molecular weight excluding hydrogens is 700 g/mol. The number of H-pyrrole nitrogens is 1. The molecule has 2 aliphatic heterocycles. The molecule has 282 valence electrons. The number of carbonyl (C=O) groups is 3. The Morgan fingerprint density at radius 1 is 0.923 bits per heavy atom. The Bertz CT molecular complexity index is 1780. The normalized spacial score (nSPS) is 16.8. The van der Waals surface area contributed by atoms with E-state index in [9.17, 15) is 31.1 Å². The van der Waals surface area contributed by atoms with Crippen molar-refractivity contribution in [2.24, 2.45) is 5.92 Å². The van der Waals surface area contributed by atoms with Gasteiger partial charge in [-0.15, -0.1) is 0 Å². The molecule has 0 aliphatic carbocycles. The smallest absolute Gasteiger partial charge is 0.475 e. The van der Waals surface area contributed by atoms with Gasteiger partial charge in [-0.25, -0.2) is 14.6 Å². The number of nitrogens with one attached hydrogen (secondary N) is 3. The Hall–Kier alpha value is -4.97. The number of pyridine rings is 1. The van der Waals surface area contributed by atoms with Gasteiger partial charge in [0.05, 0.1) is 11.7 Å². The molecule has 5 heterocycles. The number of aromatic amines is 1. The van der Waals surface area contributed by atoms with Crippen LogP contribution in [0.15, 0.2) is 55.0 Å². The molecule has 0 saturated carbocycles. The number of aliphatic carboxylic acids is 2. The molecule has 2 aliphatic rings. The average molecular weight is 740 g/mol. The molecule has 1 amide bonds. The summed E-state index contributed by atoms with van der Waals surface area (Å²) in [5, 5.41) is 26.3. The highest BCUT2D eigenvalue weighted by atomic mass is 19.4. The van der Waals surface area contributed by atoms with Crippen LogP contribution in [0.2, 0.25) is 0 Å². The summed E-state index contributed by atoms with van der Waals surface area (Å²) in [6, 6.07) is 12.2. The summed E-state index contributed by atoms with van der Waals surface area (Å²) < 4.78 is 65.5. The van der Waals surface area contributed by atoms with Gasteiger partial charge < -0.3 is 25.8 Å². The van der Waals surface area contributed by atoms with Crippen LogP contribution in [-0.4, -0.2) is 91.7 Å². The van der Waals surface area contributed by atoms with Crippen LogP contribution in [0.3, 0.4) is 0 Å². The maximum atomic E-state index is 12.9. The van der Waals surface area contributed by atoms with Gasteiger partial charge in [0.2, 0.25) is 0 Å². The van der Waals surface area contributed by atoms with Crippen LogP contribution in [0.25, 0.3) is 22.0 Å². The van der Waals surface area contributed by atoms with Gasteiger partial charge in [-0.05, 0) is 94.9 Å². The number of amides is 1. The fourth-order valence-corrected chi connectivity index (χ4v) is 5.95. The van der Waals surface area contributed by atoms with Crippen molar-refractivity contribution >= 4 is 34.6 Å². The summed E-state index contributed by atoms with van der Waals surface area (Å²) in [6.45, 7) is 4.38. The fraction of sp³-hybridized carbons (Fsp3) is 0.441. The molecule has 5 N–H and O–H groups in total. The number of aryl methyl sites for hydroxylation is 1. The number of carbonyl (C=O) groups excluding carboxylic acids is 1. The molecule has 4 aromatic rings. The van der Waals surface area contributed by atoms with Crippen molar-refractivity contribution in [1.29, 1.82) is 0 Å². The molecule has 1 aromatic carbocycles. The number of alkyl halides is 6. The Morgan fingerprint density at radius 2 is 1.56 bits per heavy atom. The number of piperidine rings is 1. The van der Waals surface area contributed by atoms with Crippen LogP contribution >= 0.6 is 0 Å². The van der Waals surface area contributed by atoms with E-state index >= 15 is 0 Å². The lowest BCUT2D eigenvalue weighted by atomic mass is 9.93. The first-order chi connectivity index (χ1) is 24.5. The molecule has 12 nitrogen and oxygen atoms in total. The molecule has 0 spiro atoms. The van der Waals surface area contributed by atoms with Crippen molar-refractivity contribution in [3.8, 4) is 11.1 Å². The molecule has 0 bridgehead atoms. The number of benzene rings is 1. The first kappa shape index (κ1) is 39.8. The molecular formula is C34H39F6N7O5. The van der Waals surface area contributed by atoms with E-state index in [1.54, 1.807) is 0 Å². The minimum Gasteiger partial charge on any atom is -0.475 e. The minimum atomic E-state index is -5.08. The van der Waals surface area contributed by atoms with E-state index < -0.39 is 24.3 Å². The number of carboxylic acid groups (broad SMARTS) is 2. The van der Waals surface area contributed by atoms with Crippen LogP contribution in [0, 0.1) is 5.92 Å². The monoisotopic (exact) mass is 739 g/mol. The van der Waals surface area contributed by atoms with Gasteiger partial charge in [-0.3, -0.25) is 14.4 Å². The standard InChI is InChI=1S/C30H37N7O.2C2HF3O2/c1-36-14-3-5-28(36)27-16-24-18-32-29(17-26(24)34-27)35-30(38)23-8-6-22(7-9-23)25-19-33-37(20-25)15-2-4-21-10-12-31-13-11-21;2*3-2(4,5)1(6)7/h6-9,16-21,28,31,34H,2-5,10-15H2,1H3,(H,32,35,38);2*(H,6,7)/t28-;;/m1../s1. The molecule has 0 unspecified atom stereocenters. The first-order valence-corrected chi connectivity index (χ1v) is 16.5. The van der Waals surface area contributed by atoms with Crippen molar-refractivity contribution in [2.45, 2.75) is 63.5 Å². The highest BCUT2D eigenvalue weighted by Crippen LogP contribution is 2.32. The lowest BCUT2D eigenvalue weighted by Crippen LogP contribution is -2.27. The fourth-order valence-electron chi connectivity index (χ4n) is 5.95. The summed E-state index contributed by atoms with van der Waals surface area (Å²) in [6.07, 6.45) is 3.06. The van der Waals surface area contributed by atoms with Crippen LogP contribution in [0.1, 0.15) is 60.6 Å². The Kier molecular flexibility index (Phi) is 13.4. The number of aromatic nitrogens is 4. The van der Waals surface area contributed by atoms with Crippen molar-refractivity contribution in [3.05, 3.63) is 66.2 Å². The zero-order valence-corrected chi connectivity index (χ0v) is 28.1. The van der Waals surface area contributed by atoms with Gasteiger partial charge in [-0.1, -0.05) is 12.1 Å². The summed E-state index contributed by atoms with van der Waals surface area (Å²) in [5.74, 6) is -4.29. The van der Waals surface area contributed by atoms with Gasteiger partial charge in [-0.2, -0.15) is 31.4 Å². The van der Waals surface area contributed by atoms with Gasteiger partial charge in [0.1, 0.15) is 5.82 Å². The Labute approximate surface area is 294 Å². The molecule has 6 rings (SSSR count). The lowest BCUT2D eigenvalue weighted by Gasteiger charge is -2.22. The third-order valence-electron chi connectivity index (χ3n) is 8.70. The Morgan fingerprint density at radius 3 is 2.13 bits per heavy atom. The number of anilines is 1. The third-order valence-corrected chi connectivity index (χ3v) is 8.70. The van der Waals surface area contributed by atoms with Crippen LogP contribution in [0.5, 0.6) is 0 Å². The number of halogens is 6. The molecule has 0 radical (unpaired) electrons. The number of fused-ring (bicyclic) bond motifs is 1. The van der Waals surface area contributed by atoms with Crippen LogP contribution in [0.4, 0.5) is 32.2 Å². The summed E-state index contributed by atoms with van der Waals surface area (Å²) in [4.78, 5) is 41.1. The second-order valence-corrected chi connectivity index (χ2v) is 12.5. The van der Waals surface area contributed by atoms with Gasteiger partial charge in [0.25, 0.3) is 5.91 Å². The summed E-state index contributed by atoms with van der Waals surface area (Å²) >= 11 is 0. The van der Waals surface area contributed by atoms with Gasteiger partial charge >= 0.3 is 24.3 Å². The molecule has 2 fully saturated rings. The second kappa shape index (κ2) is 17.5. The van der Waals surface area contributed by atoms with Gasteiger partial charge in [0.15, 0.2) is 0 Å². The number of hydrogen-bond acceptors (Lipinski definition) is 7. The number of likely N-dealkylation sites (tertiary alicyclic amines) is 1. The number of hydrogen-bond donors (Lipinski definition) is 5. The zero-order chi connectivity index (χ0) is 38.1. The molecule has 52 heavy (non-hydrogen) atoms. The summed E-state index contributed by atoms with van der Waals surface area (Å²) in [7, 11) is 2.17. The van der Waals surface area contributed by atoms with Crippen molar-refractivity contribution in [3.63, 3.8) is 0 Å². The molecule has 2 saturated heterocycles. The van der Waals surface area contributed by atoms with E-state index in [2.05, 4.69) is 49.9 Å². The largest absolute Gasteiger partial charge is 0.490 e. The Balaban J connectivity index is 0.000000367. The highest BCUT2D eigenvalue weighted by Gasteiger charge is 2.39. The highest BCUT2D eigenvalue weighted by molar-refractivity contribution is 6.04. The van der Waals surface area contributed by atoms with E-state index in [1.165, 1.54) is 31.4 Å². The third kappa shape index (κ3) is 11.5. The number of nitrogens with zero attached hydrogens (tertiary/aromatic N) is 4. The first-order valence-electron chi connectivity index (χ1n) is 16.5. The van der Waals surface area contributed by atoms with E-state index in [0.717, 1.165) is 67.0 Å². The topological polar surface area (TPSA) is 165 Å². The predicted molar refractivity (Wildman–Crippen MR) is 179 cm³/mol. The van der Waals surface area contributed by atoms with E-state index in [4.69, 9.17) is 19.8 Å². The minimum absolute atomic E-state index is 0.167. The quantitative estimate of drug-likeness (QED) is 0.127. The van der Waals surface area contributed by atoms with E-state index in [0.29, 0.717) is 17.4 Å². The van der Waals surface area contributed by atoms with E-state index in [-0.39, 0.29) is 5.91 Å².